The van der Waals surface area contributed by atoms with Crippen molar-refractivity contribution >= 4 is 0 Å². The standard InChI is InChI=1S/C11H18N2O3/c1-7-12-13(10(15)16-7)9-6-8(14)4-5-11(9,2)3/h8-9,14H,4-6H2,1-3H3. The second-order valence-corrected chi connectivity index (χ2v) is 5.26. The van der Waals surface area contributed by atoms with Crippen LogP contribution < -0.4 is 5.76 Å². The number of aliphatic hydroxyl groups excluding tert-OH is 1. The highest BCUT2D eigenvalue weighted by molar-refractivity contribution is 4.90. The van der Waals surface area contributed by atoms with Crippen LogP contribution in [-0.2, 0) is 0 Å². The van der Waals surface area contributed by atoms with E-state index in [-0.39, 0.29) is 17.6 Å². The zero-order valence-electron chi connectivity index (χ0n) is 9.93. The molecule has 2 rings (SSSR count). The zero-order valence-corrected chi connectivity index (χ0v) is 9.93. The molecule has 1 N–H and O–H groups in total. The third-order valence-electron chi connectivity index (χ3n) is 3.49. The first-order chi connectivity index (χ1) is 7.40. The number of aryl methyl sites for hydroxylation is 1. The molecule has 0 spiro atoms. The molecule has 0 aromatic carbocycles. The fraction of sp³-hybridized carbons (Fsp3) is 0.818. The van der Waals surface area contributed by atoms with Crippen LogP contribution in [-0.4, -0.2) is 21.0 Å². The average molecular weight is 226 g/mol. The lowest BCUT2D eigenvalue weighted by atomic mass is 9.72. The molecule has 1 aromatic heterocycles. The Kier molecular flexibility index (Phi) is 2.66. The molecule has 0 saturated heterocycles. The maximum atomic E-state index is 11.6. The van der Waals surface area contributed by atoms with Crippen LogP contribution >= 0.6 is 0 Å². The van der Waals surface area contributed by atoms with Crippen molar-refractivity contribution in [3.63, 3.8) is 0 Å². The van der Waals surface area contributed by atoms with E-state index in [1.165, 1.54) is 4.68 Å². The van der Waals surface area contributed by atoms with Crippen LogP contribution in [0.25, 0.3) is 0 Å². The second-order valence-electron chi connectivity index (χ2n) is 5.26. The Labute approximate surface area is 94.1 Å². The Bertz CT molecular complexity index is 433. The van der Waals surface area contributed by atoms with Gasteiger partial charge in [0.25, 0.3) is 0 Å². The number of aromatic nitrogens is 2. The lowest BCUT2D eigenvalue weighted by molar-refractivity contribution is 0.0266. The lowest BCUT2D eigenvalue weighted by Crippen LogP contribution is -2.39. The summed E-state index contributed by atoms with van der Waals surface area (Å²) in [7, 11) is 0. The SMILES string of the molecule is Cc1nn(C2CC(O)CCC2(C)C)c(=O)o1. The van der Waals surface area contributed by atoms with Crippen molar-refractivity contribution in [1.82, 2.24) is 9.78 Å². The van der Waals surface area contributed by atoms with Crippen LogP contribution in [0.2, 0.25) is 0 Å². The van der Waals surface area contributed by atoms with Gasteiger partial charge in [-0.25, -0.2) is 4.79 Å². The molecule has 5 nitrogen and oxygen atoms in total. The Morgan fingerprint density at radius 2 is 2.25 bits per heavy atom. The summed E-state index contributed by atoms with van der Waals surface area (Å²) in [5.74, 6) is -0.0504. The first-order valence-corrected chi connectivity index (χ1v) is 5.64. The maximum Gasteiger partial charge on any atom is 0.437 e. The molecule has 0 radical (unpaired) electrons. The van der Waals surface area contributed by atoms with E-state index in [0.29, 0.717) is 12.3 Å². The second kappa shape index (κ2) is 3.73. The molecular formula is C11H18N2O3. The number of hydrogen-bond donors (Lipinski definition) is 1. The largest absolute Gasteiger partial charge is 0.437 e. The van der Waals surface area contributed by atoms with Gasteiger partial charge in [0.05, 0.1) is 12.1 Å². The van der Waals surface area contributed by atoms with Gasteiger partial charge in [0.1, 0.15) is 0 Å². The van der Waals surface area contributed by atoms with Crippen LogP contribution in [0.5, 0.6) is 0 Å². The summed E-state index contributed by atoms with van der Waals surface area (Å²) >= 11 is 0. The monoisotopic (exact) mass is 226 g/mol. The lowest BCUT2D eigenvalue weighted by Gasteiger charge is -2.39. The first kappa shape index (κ1) is 11.4. The van der Waals surface area contributed by atoms with Gasteiger partial charge in [0.15, 0.2) is 0 Å². The Morgan fingerprint density at radius 1 is 1.56 bits per heavy atom. The van der Waals surface area contributed by atoms with Crippen LogP contribution in [0, 0.1) is 12.3 Å². The average Bonchev–Trinajstić information content (AvgIpc) is 2.50. The van der Waals surface area contributed by atoms with Crippen LogP contribution in [0.3, 0.4) is 0 Å². The fourth-order valence-electron chi connectivity index (χ4n) is 2.41. The topological polar surface area (TPSA) is 68.3 Å². The summed E-state index contributed by atoms with van der Waals surface area (Å²) in [6, 6.07) is -0.0822. The summed E-state index contributed by atoms with van der Waals surface area (Å²) < 4.78 is 6.30. The van der Waals surface area contributed by atoms with Crippen molar-refractivity contribution in [2.24, 2.45) is 5.41 Å². The Morgan fingerprint density at radius 3 is 2.81 bits per heavy atom. The van der Waals surface area contributed by atoms with Gasteiger partial charge in [-0.05, 0) is 24.7 Å². The van der Waals surface area contributed by atoms with Crippen molar-refractivity contribution < 1.29 is 9.52 Å². The predicted octanol–water partition coefficient (Wildman–Crippen LogP) is 1.26. The summed E-state index contributed by atoms with van der Waals surface area (Å²) in [5, 5.41) is 13.8. The zero-order chi connectivity index (χ0) is 11.9. The molecule has 1 fully saturated rings. The third-order valence-corrected chi connectivity index (χ3v) is 3.49. The van der Waals surface area contributed by atoms with Crippen LogP contribution in [0.4, 0.5) is 0 Å². The van der Waals surface area contributed by atoms with E-state index in [1.807, 2.05) is 0 Å². The van der Waals surface area contributed by atoms with E-state index < -0.39 is 5.76 Å². The van der Waals surface area contributed by atoms with Gasteiger partial charge < -0.3 is 9.52 Å². The molecule has 1 aliphatic rings. The first-order valence-electron chi connectivity index (χ1n) is 5.64. The van der Waals surface area contributed by atoms with Gasteiger partial charge in [0, 0.05) is 6.92 Å². The van der Waals surface area contributed by atoms with Crippen molar-refractivity contribution in [3.8, 4) is 0 Å². The highest BCUT2D eigenvalue weighted by atomic mass is 16.4. The van der Waals surface area contributed by atoms with E-state index in [1.54, 1.807) is 6.92 Å². The summed E-state index contributed by atoms with van der Waals surface area (Å²) in [4.78, 5) is 11.6. The van der Waals surface area contributed by atoms with Crippen LogP contribution in [0.1, 0.15) is 45.0 Å². The van der Waals surface area contributed by atoms with Gasteiger partial charge in [-0.3, -0.25) is 0 Å². The Hall–Kier alpha value is -1.10. The molecule has 0 bridgehead atoms. The molecule has 0 amide bonds. The fourth-order valence-corrected chi connectivity index (χ4v) is 2.41. The number of rotatable bonds is 1. The number of nitrogens with zero attached hydrogens (tertiary/aromatic N) is 2. The number of aliphatic hydroxyl groups is 1. The number of hydrogen-bond acceptors (Lipinski definition) is 4. The molecule has 1 heterocycles. The molecule has 2 atom stereocenters. The molecule has 16 heavy (non-hydrogen) atoms. The molecule has 1 aliphatic carbocycles. The maximum absolute atomic E-state index is 11.6. The Balaban J connectivity index is 2.37. The molecular weight excluding hydrogens is 208 g/mol. The predicted molar refractivity (Wildman–Crippen MR) is 58.2 cm³/mol. The van der Waals surface area contributed by atoms with E-state index in [0.717, 1.165) is 12.8 Å². The highest BCUT2D eigenvalue weighted by Crippen LogP contribution is 2.42. The molecule has 90 valence electrons. The minimum atomic E-state index is -0.426. The molecule has 1 saturated carbocycles. The summed E-state index contributed by atoms with van der Waals surface area (Å²) in [5.41, 5.74) is -0.0353. The molecule has 5 heteroatoms. The van der Waals surface area contributed by atoms with Gasteiger partial charge in [0.2, 0.25) is 5.89 Å². The van der Waals surface area contributed by atoms with Gasteiger partial charge in [-0.1, -0.05) is 13.8 Å². The quantitative estimate of drug-likeness (QED) is 0.782. The van der Waals surface area contributed by atoms with Gasteiger partial charge >= 0.3 is 5.76 Å². The van der Waals surface area contributed by atoms with Crippen molar-refractivity contribution in [3.05, 3.63) is 16.4 Å². The van der Waals surface area contributed by atoms with Gasteiger partial charge in [-0.15, -0.1) is 5.10 Å². The summed E-state index contributed by atoms with van der Waals surface area (Å²) in [6.07, 6.45) is 1.90. The van der Waals surface area contributed by atoms with E-state index in [4.69, 9.17) is 4.42 Å². The minimum absolute atomic E-state index is 0.0353. The molecule has 2 unspecified atom stereocenters. The van der Waals surface area contributed by atoms with Crippen molar-refractivity contribution in [2.45, 2.75) is 52.2 Å². The third kappa shape index (κ3) is 1.91. The molecule has 1 aromatic rings. The minimum Gasteiger partial charge on any atom is -0.393 e. The van der Waals surface area contributed by atoms with Crippen LogP contribution in [0.15, 0.2) is 9.21 Å². The smallest absolute Gasteiger partial charge is 0.393 e. The van der Waals surface area contributed by atoms with Crippen molar-refractivity contribution in [1.29, 1.82) is 0 Å². The van der Waals surface area contributed by atoms with Gasteiger partial charge in [-0.2, -0.15) is 4.68 Å². The highest BCUT2D eigenvalue weighted by Gasteiger charge is 2.39. The van der Waals surface area contributed by atoms with Crippen molar-refractivity contribution in [2.75, 3.05) is 0 Å². The molecule has 0 aliphatic heterocycles. The normalized spacial score (nSPS) is 29.2. The van der Waals surface area contributed by atoms with E-state index >= 15 is 0 Å². The van der Waals surface area contributed by atoms with E-state index in [9.17, 15) is 9.90 Å². The summed E-state index contributed by atoms with van der Waals surface area (Å²) in [6.45, 7) is 5.85. The van der Waals surface area contributed by atoms with E-state index in [2.05, 4.69) is 18.9 Å².